The lowest BCUT2D eigenvalue weighted by Crippen LogP contribution is -2.21. The Labute approximate surface area is 106 Å². The summed E-state index contributed by atoms with van der Waals surface area (Å²) in [6.45, 7) is 1.61. The first-order valence-electron chi connectivity index (χ1n) is 6.27. The molecule has 0 heterocycles. The summed E-state index contributed by atoms with van der Waals surface area (Å²) >= 11 is 0. The molecular formula is C13H18N2O3. The van der Waals surface area contributed by atoms with Crippen LogP contribution in [0.4, 0.5) is 5.69 Å². The van der Waals surface area contributed by atoms with Crippen molar-refractivity contribution in [2.45, 2.75) is 31.9 Å². The van der Waals surface area contributed by atoms with Gasteiger partial charge in [0.15, 0.2) is 0 Å². The van der Waals surface area contributed by atoms with E-state index < -0.39 is 4.92 Å². The maximum Gasteiger partial charge on any atom is 0.269 e. The Balaban J connectivity index is 1.75. The molecule has 2 atom stereocenters. The number of hydrogen-bond donors (Lipinski definition) is 2. The number of nitro benzene ring substituents is 1. The van der Waals surface area contributed by atoms with Crippen molar-refractivity contribution in [3.8, 4) is 0 Å². The zero-order chi connectivity index (χ0) is 13.0. The van der Waals surface area contributed by atoms with Crippen LogP contribution in [0.25, 0.3) is 0 Å². The van der Waals surface area contributed by atoms with Crippen LogP contribution < -0.4 is 5.32 Å². The van der Waals surface area contributed by atoms with E-state index >= 15 is 0 Å². The zero-order valence-corrected chi connectivity index (χ0v) is 10.2. The Bertz CT molecular complexity index is 405. The molecule has 2 rings (SSSR count). The fourth-order valence-electron chi connectivity index (χ4n) is 2.39. The summed E-state index contributed by atoms with van der Waals surface area (Å²) < 4.78 is 0. The highest BCUT2D eigenvalue weighted by atomic mass is 16.6. The summed E-state index contributed by atoms with van der Waals surface area (Å²) in [6, 6.07) is 6.59. The van der Waals surface area contributed by atoms with Gasteiger partial charge in [-0.1, -0.05) is 12.1 Å². The van der Waals surface area contributed by atoms with Crippen molar-refractivity contribution >= 4 is 5.69 Å². The second kappa shape index (κ2) is 5.93. The van der Waals surface area contributed by atoms with Crippen LogP contribution in [-0.2, 0) is 6.54 Å². The molecule has 1 aromatic carbocycles. The summed E-state index contributed by atoms with van der Waals surface area (Å²) in [7, 11) is 0. The van der Waals surface area contributed by atoms with E-state index in [0.717, 1.165) is 31.4 Å². The van der Waals surface area contributed by atoms with Gasteiger partial charge in [0.2, 0.25) is 0 Å². The fraction of sp³-hybridized carbons (Fsp3) is 0.538. The summed E-state index contributed by atoms with van der Waals surface area (Å²) in [5.41, 5.74) is 1.16. The van der Waals surface area contributed by atoms with E-state index in [1.54, 1.807) is 12.1 Å². The standard InChI is InChI=1S/C13H18N2O3/c16-13-6-3-11(7-13)9-14-8-10-1-4-12(5-2-10)15(17)18/h1-2,4-5,11,13-14,16H,3,6-9H2. The van der Waals surface area contributed by atoms with Gasteiger partial charge in [-0.3, -0.25) is 10.1 Å². The van der Waals surface area contributed by atoms with Gasteiger partial charge in [-0.25, -0.2) is 0 Å². The molecule has 1 aliphatic rings. The van der Waals surface area contributed by atoms with Crippen molar-refractivity contribution in [3.05, 3.63) is 39.9 Å². The number of benzene rings is 1. The largest absolute Gasteiger partial charge is 0.393 e. The molecule has 2 N–H and O–H groups in total. The number of rotatable bonds is 5. The van der Waals surface area contributed by atoms with Gasteiger partial charge in [-0.15, -0.1) is 0 Å². The molecule has 1 fully saturated rings. The summed E-state index contributed by atoms with van der Waals surface area (Å²) in [6.07, 6.45) is 2.74. The number of aliphatic hydroxyl groups is 1. The molecular weight excluding hydrogens is 232 g/mol. The predicted molar refractivity (Wildman–Crippen MR) is 68.2 cm³/mol. The molecule has 0 aliphatic heterocycles. The Morgan fingerprint density at radius 3 is 2.61 bits per heavy atom. The lowest BCUT2D eigenvalue weighted by molar-refractivity contribution is -0.384. The molecule has 0 amide bonds. The summed E-state index contributed by atoms with van der Waals surface area (Å²) in [5.74, 6) is 0.554. The van der Waals surface area contributed by atoms with Crippen LogP contribution in [-0.4, -0.2) is 22.7 Å². The van der Waals surface area contributed by atoms with Gasteiger partial charge in [0.1, 0.15) is 0 Å². The highest BCUT2D eigenvalue weighted by molar-refractivity contribution is 5.32. The number of aliphatic hydroxyl groups excluding tert-OH is 1. The maximum atomic E-state index is 10.5. The van der Waals surface area contributed by atoms with Crippen LogP contribution in [0.2, 0.25) is 0 Å². The molecule has 2 unspecified atom stereocenters. The van der Waals surface area contributed by atoms with Crippen molar-refractivity contribution in [3.63, 3.8) is 0 Å². The first-order chi connectivity index (χ1) is 8.65. The third-order valence-corrected chi connectivity index (χ3v) is 3.42. The molecule has 0 aromatic heterocycles. The normalized spacial score (nSPS) is 23.2. The van der Waals surface area contributed by atoms with Crippen LogP contribution in [0.3, 0.4) is 0 Å². The third-order valence-electron chi connectivity index (χ3n) is 3.42. The van der Waals surface area contributed by atoms with Gasteiger partial charge >= 0.3 is 0 Å². The van der Waals surface area contributed by atoms with E-state index in [9.17, 15) is 15.2 Å². The van der Waals surface area contributed by atoms with E-state index in [2.05, 4.69) is 5.32 Å². The van der Waals surface area contributed by atoms with Crippen molar-refractivity contribution in [1.29, 1.82) is 0 Å². The summed E-state index contributed by atoms with van der Waals surface area (Å²) in [4.78, 5) is 10.1. The number of nitro groups is 1. The van der Waals surface area contributed by atoms with Crippen LogP contribution >= 0.6 is 0 Å². The Morgan fingerprint density at radius 2 is 2.06 bits per heavy atom. The molecule has 0 saturated heterocycles. The minimum Gasteiger partial charge on any atom is -0.393 e. The van der Waals surface area contributed by atoms with E-state index in [4.69, 9.17) is 0 Å². The molecule has 98 valence electrons. The molecule has 0 radical (unpaired) electrons. The molecule has 1 saturated carbocycles. The lowest BCUT2D eigenvalue weighted by Gasteiger charge is -2.10. The molecule has 1 aliphatic carbocycles. The van der Waals surface area contributed by atoms with Crippen LogP contribution in [0.5, 0.6) is 0 Å². The zero-order valence-electron chi connectivity index (χ0n) is 10.2. The average molecular weight is 250 g/mol. The number of non-ortho nitro benzene ring substituents is 1. The first kappa shape index (κ1) is 13.0. The van der Waals surface area contributed by atoms with Crippen LogP contribution in [0.1, 0.15) is 24.8 Å². The third kappa shape index (κ3) is 3.51. The van der Waals surface area contributed by atoms with Gasteiger partial charge in [0.05, 0.1) is 11.0 Å². The molecule has 1 aromatic rings. The van der Waals surface area contributed by atoms with Gasteiger partial charge < -0.3 is 10.4 Å². The highest BCUT2D eigenvalue weighted by Crippen LogP contribution is 2.24. The minimum absolute atomic E-state index is 0.123. The van der Waals surface area contributed by atoms with Gasteiger partial charge in [0, 0.05) is 18.7 Å². The molecule has 18 heavy (non-hydrogen) atoms. The number of hydrogen-bond acceptors (Lipinski definition) is 4. The quantitative estimate of drug-likeness (QED) is 0.617. The second-order valence-electron chi connectivity index (χ2n) is 4.89. The minimum atomic E-state index is -0.392. The first-order valence-corrected chi connectivity index (χ1v) is 6.27. The fourth-order valence-corrected chi connectivity index (χ4v) is 2.39. The van der Waals surface area contributed by atoms with Gasteiger partial charge in [-0.2, -0.15) is 0 Å². The maximum absolute atomic E-state index is 10.5. The lowest BCUT2D eigenvalue weighted by atomic mass is 10.1. The van der Waals surface area contributed by atoms with Crippen LogP contribution in [0.15, 0.2) is 24.3 Å². The van der Waals surface area contributed by atoms with E-state index in [1.165, 1.54) is 12.1 Å². The van der Waals surface area contributed by atoms with E-state index in [-0.39, 0.29) is 11.8 Å². The topological polar surface area (TPSA) is 75.4 Å². The number of nitrogens with one attached hydrogen (secondary N) is 1. The summed E-state index contributed by atoms with van der Waals surface area (Å²) in [5, 5.41) is 23.2. The molecule has 0 bridgehead atoms. The second-order valence-corrected chi connectivity index (χ2v) is 4.89. The molecule has 5 heteroatoms. The van der Waals surface area contributed by atoms with Crippen molar-refractivity contribution < 1.29 is 10.0 Å². The van der Waals surface area contributed by atoms with E-state index in [1.807, 2.05) is 0 Å². The molecule has 0 spiro atoms. The smallest absolute Gasteiger partial charge is 0.269 e. The Morgan fingerprint density at radius 1 is 1.33 bits per heavy atom. The Hall–Kier alpha value is -1.46. The monoisotopic (exact) mass is 250 g/mol. The van der Waals surface area contributed by atoms with E-state index in [0.29, 0.717) is 12.5 Å². The average Bonchev–Trinajstić information content (AvgIpc) is 2.76. The SMILES string of the molecule is O=[N+]([O-])c1ccc(CNCC2CCC(O)C2)cc1. The molecule has 5 nitrogen and oxygen atoms in total. The van der Waals surface area contributed by atoms with Crippen LogP contribution in [0, 0.1) is 16.0 Å². The predicted octanol–water partition coefficient (Wildman–Crippen LogP) is 1.85. The van der Waals surface area contributed by atoms with Gasteiger partial charge in [0.25, 0.3) is 5.69 Å². The van der Waals surface area contributed by atoms with Crippen molar-refractivity contribution in [2.75, 3.05) is 6.54 Å². The highest BCUT2D eigenvalue weighted by Gasteiger charge is 2.21. The van der Waals surface area contributed by atoms with Crippen molar-refractivity contribution in [2.24, 2.45) is 5.92 Å². The van der Waals surface area contributed by atoms with Crippen molar-refractivity contribution in [1.82, 2.24) is 5.32 Å². The Kier molecular flexibility index (Phi) is 4.28. The number of nitrogens with zero attached hydrogens (tertiary/aromatic N) is 1. The van der Waals surface area contributed by atoms with Gasteiger partial charge in [-0.05, 0) is 37.3 Å².